The molecule has 4 nitrogen and oxygen atoms in total. The number of amidine groups is 1. The molecular formula is C53H37N3OS. The summed E-state index contributed by atoms with van der Waals surface area (Å²) in [6, 6.07) is 52.5. The monoisotopic (exact) mass is 763 g/mol. The number of furan rings is 1. The number of thiophene rings is 1. The van der Waals surface area contributed by atoms with E-state index in [2.05, 4.69) is 176 Å². The van der Waals surface area contributed by atoms with Gasteiger partial charge in [-0.3, -0.25) is 0 Å². The lowest BCUT2D eigenvalue weighted by atomic mass is 9.90. The van der Waals surface area contributed by atoms with Crippen LogP contribution in [0.5, 0.6) is 0 Å². The Labute approximate surface area is 340 Å². The second kappa shape index (κ2) is 13.1. The van der Waals surface area contributed by atoms with E-state index in [1.807, 2.05) is 23.5 Å². The molecule has 0 spiro atoms. The van der Waals surface area contributed by atoms with E-state index >= 15 is 0 Å². The third-order valence-corrected chi connectivity index (χ3v) is 13.4. The number of hydrogen-bond donors (Lipinski definition) is 0. The van der Waals surface area contributed by atoms with Crippen LogP contribution >= 0.6 is 11.3 Å². The van der Waals surface area contributed by atoms with Crippen molar-refractivity contribution in [2.24, 2.45) is 15.9 Å². The lowest BCUT2D eigenvalue weighted by Gasteiger charge is -2.29. The third kappa shape index (κ3) is 5.20. The number of aliphatic imine (C=N–C) groups is 2. The molecule has 3 aliphatic rings. The highest BCUT2D eigenvalue weighted by atomic mass is 32.1. The summed E-state index contributed by atoms with van der Waals surface area (Å²) in [6.45, 7) is 2.28. The maximum Gasteiger partial charge on any atom is 0.160 e. The molecule has 0 amide bonds. The van der Waals surface area contributed by atoms with Gasteiger partial charge >= 0.3 is 0 Å². The van der Waals surface area contributed by atoms with Crippen LogP contribution in [0, 0.1) is 5.92 Å². The van der Waals surface area contributed by atoms with Crippen LogP contribution in [0.2, 0.25) is 0 Å². The van der Waals surface area contributed by atoms with Gasteiger partial charge in [0.15, 0.2) is 5.84 Å². The van der Waals surface area contributed by atoms with Crippen molar-refractivity contribution in [1.29, 1.82) is 0 Å². The van der Waals surface area contributed by atoms with Crippen molar-refractivity contribution >= 4 is 92.8 Å². The summed E-state index contributed by atoms with van der Waals surface area (Å²) < 4.78 is 8.86. The average Bonchev–Trinajstić information content (AvgIpc) is 3.94. The summed E-state index contributed by atoms with van der Waals surface area (Å²) in [5.41, 5.74) is 10.7. The third-order valence-electron chi connectivity index (χ3n) is 12.3. The lowest BCUT2D eigenvalue weighted by Crippen LogP contribution is -2.28. The Morgan fingerprint density at radius 1 is 0.638 bits per heavy atom. The second-order valence-electron chi connectivity index (χ2n) is 15.7. The molecule has 0 saturated heterocycles. The van der Waals surface area contributed by atoms with Crippen molar-refractivity contribution in [3.8, 4) is 0 Å². The predicted molar refractivity (Wildman–Crippen MR) is 245 cm³/mol. The summed E-state index contributed by atoms with van der Waals surface area (Å²) in [5.74, 6) is 1.14. The van der Waals surface area contributed by atoms with E-state index in [4.69, 9.17) is 14.4 Å². The Hall–Kier alpha value is -6.82. The first-order valence-electron chi connectivity index (χ1n) is 20.1. The fourth-order valence-electron chi connectivity index (χ4n) is 9.45. The van der Waals surface area contributed by atoms with Gasteiger partial charge in [-0.25, -0.2) is 9.98 Å². The normalized spacial score (nSPS) is 19.9. The Kier molecular flexibility index (Phi) is 7.54. The van der Waals surface area contributed by atoms with Crippen LogP contribution in [0.15, 0.2) is 190 Å². The number of nitrogens with zero attached hydrogens (tertiary/aromatic N) is 3. The molecule has 276 valence electrons. The van der Waals surface area contributed by atoms with E-state index in [0.29, 0.717) is 5.84 Å². The van der Waals surface area contributed by atoms with Crippen LogP contribution in [0.25, 0.3) is 58.6 Å². The molecule has 3 atom stereocenters. The van der Waals surface area contributed by atoms with Crippen LogP contribution in [-0.4, -0.2) is 17.6 Å². The van der Waals surface area contributed by atoms with E-state index in [-0.39, 0.29) is 17.9 Å². The Morgan fingerprint density at radius 2 is 1.40 bits per heavy atom. The number of rotatable bonds is 4. The second-order valence-corrected chi connectivity index (χ2v) is 16.7. The highest BCUT2D eigenvalue weighted by molar-refractivity contribution is 7.26. The summed E-state index contributed by atoms with van der Waals surface area (Å²) in [4.78, 5) is 13.8. The van der Waals surface area contributed by atoms with Gasteiger partial charge in [-0.1, -0.05) is 134 Å². The fraction of sp³-hybridized carbons (Fsp3) is 0.0943. The van der Waals surface area contributed by atoms with Crippen molar-refractivity contribution < 1.29 is 4.42 Å². The standard InChI is InChI=1S/C53H37N3OS/c1-32-23-27-43(36-24-25-39-38-18-8-11-21-47(38)57-48(39)31-36)54-53(55-51(32)33-13-3-2-4-14-33)41-26-28-45(52-50(41)40-19-9-12-22-49(40)58-52)56-44-20-10-7-17-37(44)42-29-34-15-5-6-16-35(34)30-46(42)56/h2-22,24-32,37,44H,23H2,1H3/b43-27+,54-53?,55-51?/t32-,37?,44?/m1/s1. The molecule has 4 heterocycles. The maximum atomic E-state index is 6.38. The number of hydrogen-bond acceptors (Lipinski definition) is 5. The molecule has 5 heteroatoms. The first-order chi connectivity index (χ1) is 28.7. The summed E-state index contributed by atoms with van der Waals surface area (Å²) in [5, 5.41) is 7.17. The largest absolute Gasteiger partial charge is 0.456 e. The molecule has 12 rings (SSSR count). The summed E-state index contributed by atoms with van der Waals surface area (Å²) in [7, 11) is 0. The molecule has 2 unspecified atom stereocenters. The predicted octanol–water partition coefficient (Wildman–Crippen LogP) is 14.2. The van der Waals surface area contributed by atoms with Gasteiger partial charge in [0.2, 0.25) is 0 Å². The topological polar surface area (TPSA) is 41.1 Å². The molecule has 1 aliphatic carbocycles. The quantitative estimate of drug-likeness (QED) is 0.179. The van der Waals surface area contributed by atoms with Gasteiger partial charge < -0.3 is 9.32 Å². The highest BCUT2D eigenvalue weighted by Crippen LogP contribution is 2.53. The molecule has 0 saturated carbocycles. The first-order valence-corrected chi connectivity index (χ1v) is 20.9. The Balaban J connectivity index is 1.10. The van der Waals surface area contributed by atoms with Gasteiger partial charge in [0.25, 0.3) is 0 Å². The Morgan fingerprint density at radius 3 is 2.29 bits per heavy atom. The maximum absolute atomic E-state index is 6.38. The van der Waals surface area contributed by atoms with Gasteiger partial charge in [0.05, 0.1) is 27.8 Å². The smallest absolute Gasteiger partial charge is 0.160 e. The minimum absolute atomic E-state index is 0.158. The average molecular weight is 764 g/mol. The highest BCUT2D eigenvalue weighted by Gasteiger charge is 2.39. The first kappa shape index (κ1) is 33.3. The summed E-state index contributed by atoms with van der Waals surface area (Å²) >= 11 is 1.86. The summed E-state index contributed by atoms with van der Waals surface area (Å²) in [6.07, 6.45) is 12.2. The molecular weight excluding hydrogens is 727 g/mol. The van der Waals surface area contributed by atoms with E-state index in [1.165, 1.54) is 47.9 Å². The number of para-hydroxylation sites is 1. The van der Waals surface area contributed by atoms with Crippen LogP contribution in [0.3, 0.4) is 0 Å². The van der Waals surface area contributed by atoms with E-state index in [1.54, 1.807) is 0 Å². The van der Waals surface area contributed by atoms with E-state index in [0.717, 1.165) is 56.5 Å². The molecule has 2 aromatic heterocycles. The van der Waals surface area contributed by atoms with E-state index in [9.17, 15) is 0 Å². The van der Waals surface area contributed by atoms with Crippen molar-refractivity contribution in [2.75, 3.05) is 4.90 Å². The lowest BCUT2D eigenvalue weighted by molar-refractivity contribution is 0.669. The zero-order valence-corrected chi connectivity index (χ0v) is 32.7. The number of anilines is 2. The molecule has 9 aromatic rings. The van der Waals surface area contributed by atoms with Gasteiger partial charge in [0.1, 0.15) is 11.2 Å². The van der Waals surface area contributed by atoms with Gasteiger partial charge in [0, 0.05) is 54.9 Å². The van der Waals surface area contributed by atoms with Crippen LogP contribution in [0.4, 0.5) is 11.4 Å². The molecule has 0 fully saturated rings. The van der Waals surface area contributed by atoms with Crippen molar-refractivity contribution in [1.82, 2.24) is 0 Å². The molecule has 0 radical (unpaired) electrons. The van der Waals surface area contributed by atoms with Crippen LogP contribution in [0.1, 0.15) is 41.5 Å². The SMILES string of the molecule is C[C@@H]1C/C=C(\c2ccc3c(c2)oc2ccccc23)N=C(c2ccc(N3c4cc5ccccc5cc4C4C=CC=CC43)c3sc4ccccc4c23)N=C1c1ccccc1. The molecule has 58 heavy (non-hydrogen) atoms. The van der Waals surface area contributed by atoms with Crippen molar-refractivity contribution in [3.05, 3.63) is 198 Å². The minimum atomic E-state index is 0.158. The zero-order chi connectivity index (χ0) is 38.3. The van der Waals surface area contributed by atoms with Crippen molar-refractivity contribution in [3.63, 3.8) is 0 Å². The molecule has 0 bridgehead atoms. The van der Waals surface area contributed by atoms with Gasteiger partial charge in [-0.15, -0.1) is 11.3 Å². The molecule has 2 aliphatic heterocycles. The number of fused-ring (bicyclic) bond motifs is 10. The van der Waals surface area contributed by atoms with Gasteiger partial charge in [-0.2, -0.15) is 0 Å². The number of benzene rings is 7. The zero-order valence-electron chi connectivity index (χ0n) is 31.8. The van der Waals surface area contributed by atoms with Crippen LogP contribution < -0.4 is 4.90 Å². The fourth-order valence-corrected chi connectivity index (χ4v) is 10.7. The Bertz CT molecular complexity index is 3310. The van der Waals surface area contributed by atoms with Crippen LogP contribution in [-0.2, 0) is 0 Å². The minimum Gasteiger partial charge on any atom is -0.456 e. The van der Waals surface area contributed by atoms with Gasteiger partial charge in [-0.05, 0) is 76.9 Å². The molecule has 7 aromatic carbocycles. The number of allylic oxidation sites excluding steroid dienone is 3. The van der Waals surface area contributed by atoms with E-state index < -0.39 is 0 Å². The molecule has 0 N–H and O–H groups in total. The van der Waals surface area contributed by atoms with Crippen molar-refractivity contribution in [2.45, 2.75) is 25.3 Å².